The van der Waals surface area contributed by atoms with Crippen molar-refractivity contribution in [3.63, 3.8) is 0 Å². The average Bonchev–Trinajstić information content (AvgIpc) is 2.63. The SMILES string of the molecule is CCC(C)NC(=O)C(C)n1ccnc1N. The second-order valence-electron chi connectivity index (χ2n) is 3.69. The van der Waals surface area contributed by atoms with E-state index in [0.717, 1.165) is 6.42 Å². The summed E-state index contributed by atoms with van der Waals surface area (Å²) >= 11 is 0. The molecule has 0 aliphatic rings. The number of rotatable bonds is 4. The van der Waals surface area contributed by atoms with Gasteiger partial charge in [0.05, 0.1) is 0 Å². The van der Waals surface area contributed by atoms with E-state index in [0.29, 0.717) is 5.95 Å². The summed E-state index contributed by atoms with van der Waals surface area (Å²) in [5, 5.41) is 2.90. The summed E-state index contributed by atoms with van der Waals surface area (Å²) in [6.45, 7) is 5.80. The second-order valence-corrected chi connectivity index (χ2v) is 3.69. The van der Waals surface area contributed by atoms with Gasteiger partial charge in [-0.1, -0.05) is 6.92 Å². The summed E-state index contributed by atoms with van der Waals surface area (Å²) in [5.41, 5.74) is 5.61. The molecule has 2 unspecified atom stereocenters. The highest BCUT2D eigenvalue weighted by atomic mass is 16.2. The molecule has 0 fully saturated rings. The van der Waals surface area contributed by atoms with Gasteiger partial charge in [0.15, 0.2) is 0 Å². The van der Waals surface area contributed by atoms with Crippen LogP contribution in [0.5, 0.6) is 0 Å². The molecule has 5 heteroatoms. The molecule has 0 aliphatic carbocycles. The van der Waals surface area contributed by atoms with Crippen molar-refractivity contribution in [3.8, 4) is 0 Å². The Kier molecular flexibility index (Phi) is 3.71. The Morgan fingerprint density at radius 2 is 2.33 bits per heavy atom. The Hall–Kier alpha value is -1.52. The zero-order valence-electron chi connectivity index (χ0n) is 9.40. The van der Waals surface area contributed by atoms with Gasteiger partial charge in [-0.2, -0.15) is 0 Å². The number of nitrogens with zero attached hydrogens (tertiary/aromatic N) is 2. The van der Waals surface area contributed by atoms with Crippen molar-refractivity contribution in [1.29, 1.82) is 0 Å². The van der Waals surface area contributed by atoms with E-state index in [1.165, 1.54) is 0 Å². The third-order valence-electron chi connectivity index (χ3n) is 2.50. The van der Waals surface area contributed by atoms with Crippen LogP contribution in [0.4, 0.5) is 5.95 Å². The summed E-state index contributed by atoms with van der Waals surface area (Å²) in [6, 6.07) is -0.133. The summed E-state index contributed by atoms with van der Waals surface area (Å²) < 4.78 is 1.65. The number of hydrogen-bond donors (Lipinski definition) is 2. The van der Waals surface area contributed by atoms with Gasteiger partial charge in [-0.05, 0) is 20.3 Å². The molecular formula is C10H18N4O. The molecule has 1 rings (SSSR count). The summed E-state index contributed by atoms with van der Waals surface area (Å²) in [6.07, 6.45) is 4.20. The molecule has 0 bridgehead atoms. The first-order valence-electron chi connectivity index (χ1n) is 5.15. The van der Waals surface area contributed by atoms with Crippen LogP contribution >= 0.6 is 0 Å². The van der Waals surface area contributed by atoms with Crippen molar-refractivity contribution < 1.29 is 4.79 Å². The fraction of sp³-hybridized carbons (Fsp3) is 0.600. The third kappa shape index (κ3) is 2.71. The molecule has 0 spiro atoms. The van der Waals surface area contributed by atoms with Crippen LogP contribution in [0.1, 0.15) is 33.2 Å². The van der Waals surface area contributed by atoms with E-state index in [2.05, 4.69) is 10.3 Å². The molecule has 0 aliphatic heterocycles. The maximum atomic E-state index is 11.7. The van der Waals surface area contributed by atoms with Crippen molar-refractivity contribution in [2.24, 2.45) is 0 Å². The highest BCUT2D eigenvalue weighted by Crippen LogP contribution is 2.10. The van der Waals surface area contributed by atoms with E-state index in [-0.39, 0.29) is 18.0 Å². The van der Waals surface area contributed by atoms with Gasteiger partial charge >= 0.3 is 0 Å². The number of carbonyl (C=O) groups excluding carboxylic acids is 1. The van der Waals surface area contributed by atoms with Gasteiger partial charge in [0.1, 0.15) is 6.04 Å². The van der Waals surface area contributed by atoms with Gasteiger partial charge < -0.3 is 15.6 Å². The van der Waals surface area contributed by atoms with Gasteiger partial charge in [0.25, 0.3) is 0 Å². The normalized spacial score (nSPS) is 14.6. The predicted octanol–water partition coefficient (Wildman–Crippen LogP) is 0.941. The smallest absolute Gasteiger partial charge is 0.243 e. The maximum absolute atomic E-state index is 11.7. The Balaban J connectivity index is 2.65. The van der Waals surface area contributed by atoms with E-state index in [9.17, 15) is 4.79 Å². The molecular weight excluding hydrogens is 192 g/mol. The van der Waals surface area contributed by atoms with Crippen LogP contribution in [-0.2, 0) is 4.79 Å². The highest BCUT2D eigenvalue weighted by Gasteiger charge is 2.17. The van der Waals surface area contributed by atoms with Crippen molar-refractivity contribution >= 4 is 11.9 Å². The van der Waals surface area contributed by atoms with Crippen molar-refractivity contribution in [1.82, 2.24) is 14.9 Å². The van der Waals surface area contributed by atoms with Crippen LogP contribution in [0.15, 0.2) is 12.4 Å². The standard InChI is InChI=1S/C10H18N4O/c1-4-7(2)13-9(15)8(3)14-6-5-12-10(14)11/h5-8H,4H2,1-3H3,(H2,11,12)(H,13,15). The van der Waals surface area contributed by atoms with E-state index in [1.807, 2.05) is 13.8 Å². The summed E-state index contributed by atoms with van der Waals surface area (Å²) in [7, 11) is 0. The number of carbonyl (C=O) groups is 1. The Morgan fingerprint density at radius 3 is 2.80 bits per heavy atom. The van der Waals surface area contributed by atoms with Crippen LogP contribution < -0.4 is 11.1 Å². The molecule has 0 saturated heterocycles. The Labute approximate surface area is 89.7 Å². The first kappa shape index (κ1) is 11.6. The Morgan fingerprint density at radius 1 is 1.67 bits per heavy atom. The number of hydrogen-bond acceptors (Lipinski definition) is 3. The molecule has 5 nitrogen and oxygen atoms in total. The fourth-order valence-electron chi connectivity index (χ4n) is 1.24. The van der Waals surface area contributed by atoms with Crippen molar-refractivity contribution in [2.75, 3.05) is 5.73 Å². The van der Waals surface area contributed by atoms with Crippen LogP contribution in [0, 0.1) is 0 Å². The number of nitrogen functional groups attached to an aromatic ring is 1. The molecule has 0 saturated carbocycles. The first-order valence-corrected chi connectivity index (χ1v) is 5.15. The molecule has 3 N–H and O–H groups in total. The van der Waals surface area contributed by atoms with Gasteiger partial charge in [0, 0.05) is 18.4 Å². The molecule has 0 radical (unpaired) electrons. The van der Waals surface area contributed by atoms with Crippen LogP contribution in [-0.4, -0.2) is 21.5 Å². The zero-order chi connectivity index (χ0) is 11.4. The van der Waals surface area contributed by atoms with Gasteiger partial charge in [-0.15, -0.1) is 0 Å². The first-order chi connectivity index (χ1) is 7.06. The fourth-order valence-corrected chi connectivity index (χ4v) is 1.24. The minimum absolute atomic E-state index is 0.0333. The second kappa shape index (κ2) is 4.82. The molecule has 1 aromatic rings. The van der Waals surface area contributed by atoms with E-state index in [1.54, 1.807) is 23.9 Å². The number of amides is 1. The third-order valence-corrected chi connectivity index (χ3v) is 2.50. The van der Waals surface area contributed by atoms with E-state index in [4.69, 9.17) is 5.73 Å². The lowest BCUT2D eigenvalue weighted by atomic mass is 10.2. The number of anilines is 1. The van der Waals surface area contributed by atoms with Crippen molar-refractivity contribution in [3.05, 3.63) is 12.4 Å². The van der Waals surface area contributed by atoms with Gasteiger partial charge in [-0.3, -0.25) is 4.79 Å². The maximum Gasteiger partial charge on any atom is 0.243 e. The predicted molar refractivity (Wildman–Crippen MR) is 59.2 cm³/mol. The van der Waals surface area contributed by atoms with E-state index < -0.39 is 0 Å². The molecule has 15 heavy (non-hydrogen) atoms. The molecule has 0 aromatic carbocycles. The van der Waals surface area contributed by atoms with Crippen LogP contribution in [0.25, 0.3) is 0 Å². The van der Waals surface area contributed by atoms with Gasteiger partial charge in [0.2, 0.25) is 11.9 Å². The minimum atomic E-state index is -0.318. The zero-order valence-corrected chi connectivity index (χ0v) is 9.40. The largest absolute Gasteiger partial charge is 0.369 e. The van der Waals surface area contributed by atoms with Crippen LogP contribution in [0.2, 0.25) is 0 Å². The lowest BCUT2D eigenvalue weighted by molar-refractivity contribution is -0.124. The monoisotopic (exact) mass is 210 g/mol. The molecule has 2 atom stereocenters. The molecule has 84 valence electrons. The minimum Gasteiger partial charge on any atom is -0.369 e. The number of imidazole rings is 1. The number of nitrogens with one attached hydrogen (secondary N) is 1. The molecule has 1 heterocycles. The van der Waals surface area contributed by atoms with Gasteiger partial charge in [-0.25, -0.2) is 4.98 Å². The summed E-state index contributed by atoms with van der Waals surface area (Å²) in [4.78, 5) is 15.6. The Bertz CT molecular complexity index is 334. The lowest BCUT2D eigenvalue weighted by Gasteiger charge is -2.17. The van der Waals surface area contributed by atoms with Crippen LogP contribution in [0.3, 0.4) is 0 Å². The molecule has 1 amide bonds. The quantitative estimate of drug-likeness (QED) is 0.776. The highest BCUT2D eigenvalue weighted by molar-refractivity contribution is 5.80. The van der Waals surface area contributed by atoms with Crippen molar-refractivity contribution in [2.45, 2.75) is 39.3 Å². The number of nitrogens with two attached hydrogens (primary N) is 1. The molecule has 1 aromatic heterocycles. The average molecular weight is 210 g/mol. The summed E-state index contributed by atoms with van der Waals surface area (Å²) in [5.74, 6) is 0.329. The lowest BCUT2D eigenvalue weighted by Crippen LogP contribution is -2.37. The van der Waals surface area contributed by atoms with E-state index >= 15 is 0 Å². The number of aromatic nitrogens is 2. The topological polar surface area (TPSA) is 72.9 Å².